The SMILES string of the molecule is CC1(C)CCC2(CCN(c3cc(=O)c4ccc5[nH]c(C(F)(F)F)nc5c4o3)CC2)O1. The Morgan fingerprint density at radius 2 is 1.87 bits per heavy atom. The van der Waals surface area contributed by atoms with Crippen LogP contribution in [0.3, 0.4) is 0 Å². The first-order valence-electron chi connectivity index (χ1n) is 10.0. The fraction of sp³-hybridized carbons (Fsp3) is 0.524. The average molecular weight is 421 g/mol. The minimum Gasteiger partial charge on any atom is -0.438 e. The smallest absolute Gasteiger partial charge is 0.438 e. The van der Waals surface area contributed by atoms with Gasteiger partial charge in [0.05, 0.1) is 22.1 Å². The van der Waals surface area contributed by atoms with Crippen LogP contribution < -0.4 is 10.3 Å². The molecular weight excluding hydrogens is 399 g/mol. The monoisotopic (exact) mass is 421 g/mol. The van der Waals surface area contributed by atoms with Gasteiger partial charge in [-0.1, -0.05) is 0 Å². The Morgan fingerprint density at radius 3 is 2.50 bits per heavy atom. The lowest BCUT2D eigenvalue weighted by Crippen LogP contribution is -2.45. The normalized spacial score (nSPS) is 21.2. The Labute approximate surface area is 170 Å². The lowest BCUT2D eigenvalue weighted by Gasteiger charge is -2.40. The van der Waals surface area contributed by atoms with Gasteiger partial charge in [-0.3, -0.25) is 4.79 Å². The second-order valence-corrected chi connectivity index (χ2v) is 8.90. The minimum atomic E-state index is -4.61. The van der Waals surface area contributed by atoms with Crippen molar-refractivity contribution in [3.8, 4) is 0 Å². The molecule has 2 aliphatic heterocycles. The first-order chi connectivity index (χ1) is 14.1. The van der Waals surface area contributed by atoms with Crippen LogP contribution in [0.1, 0.15) is 45.4 Å². The van der Waals surface area contributed by atoms with Crippen LogP contribution in [-0.2, 0) is 10.9 Å². The molecule has 0 atom stereocenters. The summed E-state index contributed by atoms with van der Waals surface area (Å²) in [5.41, 5.74) is -0.320. The highest BCUT2D eigenvalue weighted by Crippen LogP contribution is 2.44. The lowest BCUT2D eigenvalue weighted by atomic mass is 9.88. The molecule has 4 heterocycles. The molecule has 5 rings (SSSR count). The number of aromatic amines is 1. The summed E-state index contributed by atoms with van der Waals surface area (Å²) in [5.74, 6) is -0.761. The van der Waals surface area contributed by atoms with Gasteiger partial charge in [0.25, 0.3) is 0 Å². The molecule has 0 saturated carbocycles. The topological polar surface area (TPSA) is 71.4 Å². The number of hydrogen-bond donors (Lipinski definition) is 1. The zero-order valence-corrected chi connectivity index (χ0v) is 16.7. The molecule has 30 heavy (non-hydrogen) atoms. The molecule has 1 N–H and O–H groups in total. The van der Waals surface area contributed by atoms with Gasteiger partial charge < -0.3 is 19.0 Å². The van der Waals surface area contributed by atoms with Crippen LogP contribution >= 0.6 is 0 Å². The van der Waals surface area contributed by atoms with Crippen molar-refractivity contribution in [2.24, 2.45) is 0 Å². The van der Waals surface area contributed by atoms with Crippen molar-refractivity contribution in [1.82, 2.24) is 9.97 Å². The van der Waals surface area contributed by atoms with Crippen LogP contribution in [0.5, 0.6) is 0 Å². The molecule has 6 nitrogen and oxygen atoms in total. The van der Waals surface area contributed by atoms with Gasteiger partial charge in [-0.05, 0) is 51.7 Å². The highest BCUT2D eigenvalue weighted by molar-refractivity contribution is 6.00. The number of aromatic nitrogens is 2. The van der Waals surface area contributed by atoms with E-state index in [0.29, 0.717) is 19.0 Å². The highest BCUT2D eigenvalue weighted by atomic mass is 19.4. The average Bonchev–Trinajstić information content (AvgIpc) is 3.23. The molecule has 9 heteroatoms. The third-order valence-corrected chi connectivity index (χ3v) is 6.27. The van der Waals surface area contributed by atoms with Crippen molar-refractivity contribution < 1.29 is 22.3 Å². The summed E-state index contributed by atoms with van der Waals surface area (Å²) in [5, 5.41) is 0.209. The molecule has 0 amide bonds. The molecule has 0 unspecified atom stereocenters. The van der Waals surface area contributed by atoms with Gasteiger partial charge >= 0.3 is 6.18 Å². The van der Waals surface area contributed by atoms with E-state index < -0.39 is 12.0 Å². The third-order valence-electron chi connectivity index (χ3n) is 6.27. The van der Waals surface area contributed by atoms with Gasteiger partial charge in [-0.15, -0.1) is 0 Å². The van der Waals surface area contributed by atoms with Crippen molar-refractivity contribution in [3.63, 3.8) is 0 Å². The first kappa shape index (κ1) is 19.4. The number of anilines is 1. The number of piperidine rings is 1. The highest BCUT2D eigenvalue weighted by Gasteiger charge is 2.46. The zero-order valence-electron chi connectivity index (χ0n) is 16.7. The van der Waals surface area contributed by atoms with Crippen molar-refractivity contribution in [1.29, 1.82) is 0 Å². The number of alkyl halides is 3. The minimum absolute atomic E-state index is 0.00753. The van der Waals surface area contributed by atoms with Gasteiger partial charge in [0, 0.05) is 19.2 Å². The number of benzene rings is 1. The fourth-order valence-corrected chi connectivity index (χ4v) is 4.67. The van der Waals surface area contributed by atoms with Crippen LogP contribution in [-0.4, -0.2) is 34.3 Å². The zero-order chi connectivity index (χ0) is 21.3. The summed E-state index contributed by atoms with van der Waals surface area (Å²) in [6.45, 7) is 5.49. The van der Waals surface area contributed by atoms with E-state index >= 15 is 0 Å². The summed E-state index contributed by atoms with van der Waals surface area (Å²) in [6, 6.07) is 4.29. The molecule has 3 aromatic rings. The van der Waals surface area contributed by atoms with E-state index in [9.17, 15) is 18.0 Å². The Morgan fingerprint density at radius 1 is 1.13 bits per heavy atom. The van der Waals surface area contributed by atoms with Crippen molar-refractivity contribution in [2.45, 2.75) is 56.9 Å². The first-order valence-corrected chi connectivity index (χ1v) is 10.0. The van der Waals surface area contributed by atoms with Crippen LogP contribution in [0.15, 0.2) is 27.4 Å². The van der Waals surface area contributed by atoms with E-state index in [1.807, 2.05) is 4.90 Å². The maximum atomic E-state index is 13.1. The second kappa shape index (κ2) is 6.23. The summed E-state index contributed by atoms with van der Waals surface area (Å²) in [7, 11) is 0. The van der Waals surface area contributed by atoms with E-state index in [0.717, 1.165) is 25.7 Å². The second-order valence-electron chi connectivity index (χ2n) is 8.90. The Balaban J connectivity index is 1.51. The molecule has 2 saturated heterocycles. The predicted octanol–water partition coefficient (Wildman–Crippen LogP) is 4.62. The number of rotatable bonds is 1. The molecule has 2 fully saturated rings. The van der Waals surface area contributed by atoms with Gasteiger partial charge in [-0.2, -0.15) is 13.2 Å². The molecule has 2 aromatic heterocycles. The Kier molecular flexibility index (Phi) is 4.03. The van der Waals surface area contributed by atoms with Gasteiger partial charge in [-0.25, -0.2) is 4.98 Å². The van der Waals surface area contributed by atoms with Gasteiger partial charge in [0.1, 0.15) is 5.52 Å². The van der Waals surface area contributed by atoms with E-state index in [1.165, 1.54) is 18.2 Å². The standard InChI is InChI=1S/C21H22F3N3O3/c1-19(2)5-6-20(30-19)7-9-27(10-8-20)15-11-14(28)12-3-4-13-16(17(12)29-15)26-18(25-13)21(22,23)24/h3-4,11H,5-10H2,1-2H3,(H,25,26). The van der Waals surface area contributed by atoms with E-state index in [1.54, 1.807) is 0 Å². The summed E-state index contributed by atoms with van der Waals surface area (Å²) in [4.78, 5) is 20.5. The number of ether oxygens (including phenoxy) is 1. The van der Waals surface area contributed by atoms with Crippen LogP contribution in [0.25, 0.3) is 22.0 Å². The number of imidazole rings is 1. The molecule has 1 spiro atoms. The van der Waals surface area contributed by atoms with Crippen LogP contribution in [0.4, 0.5) is 19.1 Å². The van der Waals surface area contributed by atoms with Crippen molar-refractivity contribution in [2.75, 3.05) is 18.0 Å². The molecule has 0 bridgehead atoms. The molecule has 0 radical (unpaired) electrons. The summed E-state index contributed by atoms with van der Waals surface area (Å²) < 4.78 is 51.5. The van der Waals surface area contributed by atoms with Gasteiger partial charge in [0.15, 0.2) is 16.9 Å². The molecular formula is C21H22F3N3O3. The van der Waals surface area contributed by atoms with Crippen LogP contribution in [0.2, 0.25) is 0 Å². The predicted molar refractivity (Wildman–Crippen MR) is 106 cm³/mol. The third kappa shape index (κ3) is 3.15. The molecule has 0 aliphatic carbocycles. The summed E-state index contributed by atoms with van der Waals surface area (Å²) >= 11 is 0. The molecule has 160 valence electrons. The fourth-order valence-electron chi connectivity index (χ4n) is 4.67. The maximum Gasteiger partial charge on any atom is 0.449 e. The number of nitrogens with zero attached hydrogens (tertiary/aromatic N) is 2. The number of nitrogens with one attached hydrogen (secondary N) is 1. The number of halogens is 3. The largest absolute Gasteiger partial charge is 0.449 e. The number of fused-ring (bicyclic) bond motifs is 3. The molecule has 2 aliphatic rings. The Hall–Kier alpha value is -2.55. The van der Waals surface area contributed by atoms with E-state index in [4.69, 9.17) is 9.15 Å². The van der Waals surface area contributed by atoms with E-state index in [-0.39, 0.29) is 38.6 Å². The number of H-pyrrole nitrogens is 1. The quantitative estimate of drug-likeness (QED) is 0.621. The maximum absolute atomic E-state index is 13.1. The number of hydrogen-bond acceptors (Lipinski definition) is 5. The van der Waals surface area contributed by atoms with Crippen LogP contribution in [0, 0.1) is 0 Å². The van der Waals surface area contributed by atoms with Gasteiger partial charge in [0.2, 0.25) is 5.82 Å². The Bertz CT molecular complexity index is 1190. The van der Waals surface area contributed by atoms with E-state index in [2.05, 4.69) is 23.8 Å². The lowest BCUT2D eigenvalue weighted by molar-refractivity contribution is -0.144. The summed E-state index contributed by atoms with van der Waals surface area (Å²) in [6.07, 6.45) is -0.980. The molecule has 1 aromatic carbocycles. The van der Waals surface area contributed by atoms with Crippen molar-refractivity contribution in [3.05, 3.63) is 34.2 Å². The van der Waals surface area contributed by atoms with Crippen molar-refractivity contribution >= 4 is 27.9 Å².